The molecule has 0 rings (SSSR count). The zero-order valence-corrected chi connectivity index (χ0v) is 47.9. The number of unbranched alkanes of at least 4 members (excludes halogenated alkanes) is 34. The third-order valence-electron chi connectivity index (χ3n) is 11.7. The van der Waals surface area contributed by atoms with E-state index in [0.717, 1.165) is 38.5 Å². The van der Waals surface area contributed by atoms with E-state index in [1.54, 1.807) is 0 Å². The van der Waals surface area contributed by atoms with Crippen LogP contribution in [0, 0.1) is 0 Å². The Balaban J connectivity index is -0.000000565. The molecule has 0 spiro atoms. The van der Waals surface area contributed by atoms with Gasteiger partial charge in [-0.15, -0.1) is 0 Å². The summed E-state index contributed by atoms with van der Waals surface area (Å²) in [5.41, 5.74) is 0. The third kappa shape index (κ3) is 51.5. The molecule has 0 fully saturated rings. The number of carbonyl (C=O) groups excluding carboxylic acids is 4. The summed E-state index contributed by atoms with van der Waals surface area (Å²) in [6.07, 6.45) is 44.2. The van der Waals surface area contributed by atoms with Crippen molar-refractivity contribution < 1.29 is 114 Å². The van der Waals surface area contributed by atoms with E-state index in [4.69, 9.17) is 9.11 Å². The van der Waals surface area contributed by atoms with Crippen LogP contribution in [0.2, 0.25) is 0 Å². The number of hydrogen-bond acceptors (Lipinski definition) is 10. The molecule has 0 aromatic heterocycles. The van der Waals surface area contributed by atoms with Crippen molar-refractivity contribution in [3.8, 4) is 0 Å². The van der Waals surface area contributed by atoms with Gasteiger partial charge in [0.1, 0.15) is 10.5 Å². The van der Waals surface area contributed by atoms with Crippen molar-refractivity contribution in [1.29, 1.82) is 0 Å². The second-order valence-corrected chi connectivity index (χ2v) is 21.0. The maximum Gasteiger partial charge on any atom is 1.00 e. The largest absolute Gasteiger partial charge is 1.00 e. The van der Waals surface area contributed by atoms with Gasteiger partial charge in [0.2, 0.25) is 11.8 Å². The zero-order chi connectivity index (χ0) is 48.2. The van der Waals surface area contributed by atoms with Gasteiger partial charge in [-0.25, -0.2) is 0 Å². The summed E-state index contributed by atoms with van der Waals surface area (Å²) in [4.78, 5) is 44.6. The Morgan fingerprint density at radius 1 is 0.364 bits per heavy atom. The Labute approximate surface area is 446 Å². The van der Waals surface area contributed by atoms with Gasteiger partial charge in [0.05, 0.1) is 24.8 Å². The van der Waals surface area contributed by atoms with Crippen molar-refractivity contribution in [2.45, 2.75) is 268 Å². The first kappa shape index (κ1) is 72.2. The normalized spacial score (nSPS) is 12.2. The summed E-state index contributed by atoms with van der Waals surface area (Å²) in [6.45, 7) is 5.24. The Hall–Kier alpha value is -0.300. The molecule has 0 aromatic rings. The van der Waals surface area contributed by atoms with E-state index in [-0.39, 0.29) is 59.1 Å². The summed E-state index contributed by atoms with van der Waals surface area (Å²) in [7, 11) is -9.69. The van der Waals surface area contributed by atoms with E-state index >= 15 is 0 Å². The van der Waals surface area contributed by atoms with Gasteiger partial charge in [-0.1, -0.05) is 232 Å². The predicted molar refractivity (Wildman–Crippen MR) is 254 cm³/mol. The first-order chi connectivity index (χ1) is 30.6. The van der Waals surface area contributed by atoms with E-state index < -0.39 is 67.3 Å². The number of rotatable bonds is 46. The van der Waals surface area contributed by atoms with Crippen LogP contribution in [0.4, 0.5) is 0 Å². The second kappa shape index (κ2) is 51.1. The molecule has 2 unspecified atom stereocenters. The summed E-state index contributed by atoms with van der Waals surface area (Å²) in [6, 6.07) is 0. The first-order valence-electron chi connectivity index (χ1n) is 25.5. The summed E-state index contributed by atoms with van der Waals surface area (Å²) in [5.74, 6) is -5.39. The number of hydrogen-bond donors (Lipinski definition) is 4. The molecule has 0 radical (unpaired) electrons. The second-order valence-electron chi connectivity index (χ2n) is 17.8. The molecule has 0 aliphatic carbocycles. The maximum atomic E-state index is 11.6. The van der Waals surface area contributed by atoms with E-state index in [1.165, 1.54) is 193 Å². The number of carboxylic acid groups (broad SMARTS) is 2. The molecule has 2 amide bonds. The van der Waals surface area contributed by atoms with Gasteiger partial charge in [-0.05, 0) is 12.8 Å². The maximum absolute atomic E-state index is 11.6. The molecule has 0 aromatic carbocycles. The van der Waals surface area contributed by atoms with Crippen molar-refractivity contribution >= 4 is 44.0 Å². The number of carbonyl (C=O) groups is 4. The molecule has 14 nitrogen and oxygen atoms in total. The van der Waals surface area contributed by atoms with Gasteiger partial charge in [0.15, 0.2) is 0 Å². The molecule has 2 atom stereocenters. The van der Waals surface area contributed by atoms with Crippen molar-refractivity contribution in [2.75, 3.05) is 13.1 Å². The van der Waals surface area contributed by atoms with Crippen LogP contribution in [0.25, 0.3) is 0 Å². The average molecular weight is 999 g/mol. The van der Waals surface area contributed by atoms with E-state index in [9.17, 15) is 46.2 Å². The van der Waals surface area contributed by atoms with E-state index in [2.05, 4.69) is 24.5 Å². The van der Waals surface area contributed by atoms with Crippen LogP contribution < -0.4 is 80.0 Å². The van der Waals surface area contributed by atoms with Crippen LogP contribution in [0.15, 0.2) is 0 Å². The van der Waals surface area contributed by atoms with Crippen LogP contribution in [-0.4, -0.2) is 73.3 Å². The molecule has 66 heavy (non-hydrogen) atoms. The van der Waals surface area contributed by atoms with Crippen LogP contribution in [-0.2, 0) is 39.4 Å². The Kier molecular flexibility index (Phi) is 55.9. The molecular formula is C48H92N2Na2O12S2. The predicted octanol–water partition coefficient (Wildman–Crippen LogP) is 3.09. The number of carboxylic acids is 2. The smallest absolute Gasteiger partial charge is 0.549 e. The molecular weight excluding hydrogens is 907 g/mol. The standard InChI is InChI=1S/2C24H47NO6S.2Na/c2*1-2-3-4-5-6-7-8-9-10-11-12-13-14-15-16-17-18-19-20-25-23(26)21-22(24(27)28)32(29,30)31;;/h2*22H,2-21H2,1H3,(H,25,26)(H,27,28)(H,29,30,31);;/q;;2*+1/p-2. The fourth-order valence-electron chi connectivity index (χ4n) is 7.61. The molecule has 0 heterocycles. The molecule has 0 aliphatic rings. The van der Waals surface area contributed by atoms with Gasteiger partial charge in [-0.2, -0.15) is 16.8 Å². The van der Waals surface area contributed by atoms with E-state index in [0.29, 0.717) is 13.1 Å². The molecule has 0 saturated carbocycles. The third-order valence-corrected chi connectivity index (χ3v) is 13.8. The van der Waals surface area contributed by atoms with Gasteiger partial charge < -0.3 is 30.4 Å². The fourth-order valence-corrected chi connectivity index (χ4v) is 8.82. The molecule has 380 valence electrons. The van der Waals surface area contributed by atoms with Crippen LogP contribution in [0.1, 0.15) is 258 Å². The topological polar surface area (TPSA) is 247 Å². The minimum atomic E-state index is -4.85. The number of nitrogens with one attached hydrogen (secondary N) is 2. The minimum absolute atomic E-state index is 0. The van der Waals surface area contributed by atoms with Crippen molar-refractivity contribution in [3.05, 3.63) is 0 Å². The van der Waals surface area contributed by atoms with Crippen LogP contribution in [0.3, 0.4) is 0 Å². The van der Waals surface area contributed by atoms with Crippen LogP contribution >= 0.6 is 0 Å². The van der Waals surface area contributed by atoms with E-state index in [1.807, 2.05) is 0 Å². The van der Waals surface area contributed by atoms with Gasteiger partial charge >= 0.3 is 59.1 Å². The summed E-state index contributed by atoms with van der Waals surface area (Å²) in [5, 5.41) is 21.9. The van der Waals surface area contributed by atoms with Crippen molar-refractivity contribution in [3.63, 3.8) is 0 Å². The van der Waals surface area contributed by atoms with Crippen molar-refractivity contribution in [2.24, 2.45) is 0 Å². The minimum Gasteiger partial charge on any atom is -0.549 e. The van der Waals surface area contributed by atoms with Gasteiger partial charge in [-0.3, -0.25) is 18.7 Å². The van der Waals surface area contributed by atoms with Gasteiger partial charge in [0, 0.05) is 13.1 Å². The quantitative estimate of drug-likeness (QED) is 0.0391. The van der Waals surface area contributed by atoms with Gasteiger partial charge in [0.25, 0.3) is 20.2 Å². The Morgan fingerprint density at radius 2 is 0.530 bits per heavy atom. The SMILES string of the molecule is CCCCCCCCCCCCCCCCCCCCNC(=O)CC(C(=O)[O-])S(=O)(=O)O.CCCCCCCCCCCCCCCCCCCCNC(=O)CC(C(=O)[O-])S(=O)(=O)O.[Na+].[Na+]. The molecule has 0 bridgehead atoms. The number of aliphatic carboxylic acids is 2. The Morgan fingerprint density at radius 3 is 0.682 bits per heavy atom. The molecule has 18 heteroatoms. The summed E-state index contributed by atoms with van der Waals surface area (Å²) >= 11 is 0. The number of amides is 2. The monoisotopic (exact) mass is 999 g/mol. The molecule has 0 aliphatic heterocycles. The Bertz CT molecular complexity index is 1270. The molecule has 0 saturated heterocycles. The zero-order valence-electron chi connectivity index (χ0n) is 42.2. The summed E-state index contributed by atoms with van der Waals surface area (Å²) < 4.78 is 61.3. The van der Waals surface area contributed by atoms with Crippen LogP contribution in [0.5, 0.6) is 0 Å². The van der Waals surface area contributed by atoms with Crippen molar-refractivity contribution in [1.82, 2.24) is 10.6 Å². The molecule has 4 N–H and O–H groups in total. The average Bonchev–Trinajstić information content (AvgIpc) is 3.22. The fraction of sp³-hybridized carbons (Fsp3) is 0.917. The first-order valence-corrected chi connectivity index (χ1v) is 28.5.